The number of alkyl halides is 1. The van der Waals surface area contributed by atoms with Gasteiger partial charge in [0, 0.05) is 36.1 Å². The first kappa shape index (κ1) is 14.0. The molecule has 1 atom stereocenters. The third-order valence-corrected chi connectivity index (χ3v) is 4.36. The summed E-state index contributed by atoms with van der Waals surface area (Å²) in [5, 5.41) is 11.6. The normalized spacial score (nSPS) is 18.6. The van der Waals surface area contributed by atoms with E-state index in [9.17, 15) is 14.9 Å². The summed E-state index contributed by atoms with van der Waals surface area (Å²) in [6.07, 6.45) is 1.00. The van der Waals surface area contributed by atoms with Crippen molar-refractivity contribution in [2.45, 2.75) is 13.3 Å². The third-order valence-electron chi connectivity index (χ3n) is 3.44. The Kier molecular flexibility index (Phi) is 4.19. The highest BCUT2D eigenvalue weighted by atomic mass is 79.9. The van der Waals surface area contributed by atoms with E-state index < -0.39 is 4.92 Å². The zero-order chi connectivity index (χ0) is 14.0. The second-order valence-electron chi connectivity index (χ2n) is 4.82. The van der Waals surface area contributed by atoms with E-state index in [1.807, 2.05) is 4.90 Å². The van der Waals surface area contributed by atoms with Gasteiger partial charge in [-0.3, -0.25) is 14.9 Å². The number of nitrogens with zero attached hydrogens (tertiary/aromatic N) is 2. The molecule has 2 rings (SSSR count). The molecule has 1 aromatic rings. The minimum atomic E-state index is -0.446. The van der Waals surface area contributed by atoms with Gasteiger partial charge in [-0.1, -0.05) is 15.9 Å². The molecule has 0 bridgehead atoms. The number of hydrogen-bond donors (Lipinski definition) is 0. The average molecular weight is 327 g/mol. The molecule has 0 saturated carbocycles. The summed E-state index contributed by atoms with van der Waals surface area (Å²) in [5.74, 6) is 0.471. The first-order chi connectivity index (χ1) is 9.02. The molecule has 102 valence electrons. The zero-order valence-electron chi connectivity index (χ0n) is 10.6. The van der Waals surface area contributed by atoms with Crippen LogP contribution in [0, 0.1) is 23.0 Å². The first-order valence-electron chi connectivity index (χ1n) is 6.13. The number of nitro benzene ring substituents is 1. The Morgan fingerprint density at radius 2 is 2.32 bits per heavy atom. The molecule has 1 saturated heterocycles. The van der Waals surface area contributed by atoms with Crippen molar-refractivity contribution in [2.75, 3.05) is 18.4 Å². The number of amides is 1. The largest absolute Gasteiger partial charge is 0.338 e. The van der Waals surface area contributed by atoms with Crippen LogP contribution in [0.15, 0.2) is 18.2 Å². The van der Waals surface area contributed by atoms with Crippen molar-refractivity contribution in [2.24, 2.45) is 5.92 Å². The number of carbonyl (C=O) groups is 1. The molecule has 0 aliphatic carbocycles. The molecule has 1 aromatic carbocycles. The van der Waals surface area contributed by atoms with E-state index in [4.69, 9.17) is 0 Å². The van der Waals surface area contributed by atoms with Gasteiger partial charge in [-0.25, -0.2) is 0 Å². The van der Waals surface area contributed by atoms with Gasteiger partial charge in [-0.05, 0) is 30.9 Å². The zero-order valence-corrected chi connectivity index (χ0v) is 12.2. The number of benzene rings is 1. The van der Waals surface area contributed by atoms with Gasteiger partial charge < -0.3 is 4.90 Å². The maximum absolute atomic E-state index is 12.4. The molecule has 1 amide bonds. The molecular formula is C13H15BrN2O3. The maximum atomic E-state index is 12.4. The molecule has 1 unspecified atom stereocenters. The fourth-order valence-electron chi connectivity index (χ4n) is 2.31. The van der Waals surface area contributed by atoms with E-state index in [1.54, 1.807) is 13.0 Å². The Labute approximate surface area is 119 Å². The molecule has 5 nitrogen and oxygen atoms in total. The first-order valence-corrected chi connectivity index (χ1v) is 7.25. The smallest absolute Gasteiger partial charge is 0.269 e. The van der Waals surface area contributed by atoms with Gasteiger partial charge in [-0.15, -0.1) is 0 Å². The van der Waals surface area contributed by atoms with Crippen LogP contribution in [0.25, 0.3) is 0 Å². The lowest BCUT2D eigenvalue weighted by molar-refractivity contribution is -0.384. The van der Waals surface area contributed by atoms with E-state index in [0.717, 1.165) is 24.8 Å². The highest BCUT2D eigenvalue weighted by Gasteiger charge is 2.27. The molecule has 0 aromatic heterocycles. The molecule has 1 heterocycles. The SMILES string of the molecule is Cc1cc([N+](=O)[O-])ccc1C(=O)N1CCC(CBr)C1. The van der Waals surface area contributed by atoms with Gasteiger partial charge in [0.15, 0.2) is 0 Å². The monoisotopic (exact) mass is 326 g/mol. The number of carbonyl (C=O) groups excluding carboxylic acids is 1. The number of non-ortho nitro benzene ring substituents is 1. The van der Waals surface area contributed by atoms with E-state index in [-0.39, 0.29) is 11.6 Å². The molecule has 1 aliphatic rings. The van der Waals surface area contributed by atoms with Crippen molar-refractivity contribution in [3.63, 3.8) is 0 Å². The number of halogens is 1. The van der Waals surface area contributed by atoms with Gasteiger partial charge in [0.25, 0.3) is 11.6 Å². The molecule has 0 spiro atoms. The topological polar surface area (TPSA) is 63.5 Å². The lowest BCUT2D eigenvalue weighted by Crippen LogP contribution is -2.29. The molecule has 19 heavy (non-hydrogen) atoms. The standard InChI is InChI=1S/C13H15BrN2O3/c1-9-6-11(16(18)19)2-3-12(9)13(17)15-5-4-10(7-14)8-15/h2-3,6,10H,4-5,7-8H2,1H3. The summed E-state index contributed by atoms with van der Waals surface area (Å²) >= 11 is 3.44. The number of aryl methyl sites for hydroxylation is 1. The number of rotatable bonds is 3. The lowest BCUT2D eigenvalue weighted by atomic mass is 10.1. The van der Waals surface area contributed by atoms with Crippen molar-refractivity contribution in [3.8, 4) is 0 Å². The summed E-state index contributed by atoms with van der Waals surface area (Å²) in [6.45, 7) is 3.24. The summed E-state index contributed by atoms with van der Waals surface area (Å²) in [4.78, 5) is 24.4. The van der Waals surface area contributed by atoms with Crippen molar-refractivity contribution in [1.29, 1.82) is 0 Å². The van der Waals surface area contributed by atoms with Gasteiger partial charge >= 0.3 is 0 Å². The second kappa shape index (κ2) is 5.69. The summed E-state index contributed by atoms with van der Waals surface area (Å²) in [6, 6.07) is 4.39. The predicted molar refractivity (Wildman–Crippen MR) is 75.6 cm³/mol. The summed E-state index contributed by atoms with van der Waals surface area (Å²) < 4.78 is 0. The van der Waals surface area contributed by atoms with Crippen molar-refractivity contribution < 1.29 is 9.72 Å². The Balaban J connectivity index is 2.18. The van der Waals surface area contributed by atoms with Crippen LogP contribution in [0.4, 0.5) is 5.69 Å². The Morgan fingerprint density at radius 3 is 2.84 bits per heavy atom. The molecule has 1 fully saturated rings. The number of nitro groups is 1. The second-order valence-corrected chi connectivity index (χ2v) is 5.46. The average Bonchev–Trinajstić information content (AvgIpc) is 2.86. The Morgan fingerprint density at radius 1 is 1.58 bits per heavy atom. The fourth-order valence-corrected chi connectivity index (χ4v) is 2.84. The fraction of sp³-hybridized carbons (Fsp3) is 0.462. The Bertz CT molecular complexity index is 519. The lowest BCUT2D eigenvalue weighted by Gasteiger charge is -2.17. The highest BCUT2D eigenvalue weighted by molar-refractivity contribution is 9.09. The van der Waals surface area contributed by atoms with Gasteiger partial charge in [-0.2, -0.15) is 0 Å². The van der Waals surface area contributed by atoms with Gasteiger partial charge in [0.2, 0.25) is 0 Å². The maximum Gasteiger partial charge on any atom is 0.269 e. The molecule has 0 N–H and O–H groups in total. The Hall–Kier alpha value is -1.43. The van der Waals surface area contributed by atoms with E-state index in [0.29, 0.717) is 17.0 Å². The van der Waals surface area contributed by atoms with Crippen LogP contribution in [-0.4, -0.2) is 34.2 Å². The van der Waals surface area contributed by atoms with E-state index >= 15 is 0 Å². The van der Waals surface area contributed by atoms with Crippen molar-refractivity contribution in [1.82, 2.24) is 4.90 Å². The van der Waals surface area contributed by atoms with Crippen LogP contribution in [0.1, 0.15) is 22.3 Å². The quantitative estimate of drug-likeness (QED) is 0.487. The van der Waals surface area contributed by atoms with Crippen molar-refractivity contribution in [3.05, 3.63) is 39.4 Å². The van der Waals surface area contributed by atoms with E-state index in [1.165, 1.54) is 12.1 Å². The molecular weight excluding hydrogens is 312 g/mol. The number of hydrogen-bond acceptors (Lipinski definition) is 3. The minimum absolute atomic E-state index is 0.0220. The van der Waals surface area contributed by atoms with Crippen LogP contribution in [0.2, 0.25) is 0 Å². The molecule has 1 aliphatic heterocycles. The predicted octanol–water partition coefficient (Wildman–Crippen LogP) is 2.76. The van der Waals surface area contributed by atoms with Crippen LogP contribution in [0.5, 0.6) is 0 Å². The van der Waals surface area contributed by atoms with Gasteiger partial charge in [0.05, 0.1) is 4.92 Å². The van der Waals surface area contributed by atoms with Crippen LogP contribution in [-0.2, 0) is 0 Å². The highest BCUT2D eigenvalue weighted by Crippen LogP contribution is 2.23. The van der Waals surface area contributed by atoms with Crippen LogP contribution in [0.3, 0.4) is 0 Å². The van der Waals surface area contributed by atoms with Gasteiger partial charge in [0.1, 0.15) is 0 Å². The van der Waals surface area contributed by atoms with E-state index in [2.05, 4.69) is 15.9 Å². The van der Waals surface area contributed by atoms with Crippen LogP contribution < -0.4 is 0 Å². The number of likely N-dealkylation sites (tertiary alicyclic amines) is 1. The van der Waals surface area contributed by atoms with Crippen LogP contribution >= 0.6 is 15.9 Å². The van der Waals surface area contributed by atoms with Crippen molar-refractivity contribution >= 4 is 27.5 Å². The molecule has 6 heteroatoms. The molecule has 0 radical (unpaired) electrons. The third kappa shape index (κ3) is 2.94. The minimum Gasteiger partial charge on any atom is -0.338 e. The summed E-state index contributed by atoms with van der Waals surface area (Å²) in [5.41, 5.74) is 1.23. The summed E-state index contributed by atoms with van der Waals surface area (Å²) in [7, 11) is 0.